The van der Waals surface area contributed by atoms with Gasteiger partial charge in [0.1, 0.15) is 0 Å². The third-order valence-electron chi connectivity index (χ3n) is 1.51. The number of halogens is 6. The Labute approximate surface area is 142 Å². The molecule has 0 bridgehead atoms. The molecule has 0 amide bonds. The maximum Gasteiger partial charge on any atom is 1.00 e. The Morgan fingerprint density at radius 1 is 1.06 bits per heavy atom. The SMILES string of the molecule is Fc1c(Cl)cc(/C=C/[B-](F)(F)F)cc1Cl.[K+]. The van der Waals surface area contributed by atoms with Gasteiger partial charge in [-0.25, -0.2) is 4.39 Å². The molecule has 82 valence electrons. The Balaban J connectivity index is 0.00000225. The van der Waals surface area contributed by atoms with Crippen molar-refractivity contribution >= 4 is 36.3 Å². The van der Waals surface area contributed by atoms with Gasteiger partial charge in [0.05, 0.1) is 10.0 Å². The van der Waals surface area contributed by atoms with E-state index in [1.807, 2.05) is 0 Å². The van der Waals surface area contributed by atoms with E-state index < -0.39 is 12.8 Å². The molecule has 0 aliphatic rings. The van der Waals surface area contributed by atoms with Crippen molar-refractivity contribution in [2.45, 2.75) is 0 Å². The Hall–Kier alpha value is 0.961. The monoisotopic (exact) mass is 296 g/mol. The normalized spacial score (nSPS) is 11.6. The molecule has 8 heteroatoms. The molecule has 0 heterocycles. The van der Waals surface area contributed by atoms with E-state index >= 15 is 0 Å². The summed E-state index contributed by atoms with van der Waals surface area (Å²) in [4.78, 5) is 0. The Bertz CT molecular complexity index is 383. The summed E-state index contributed by atoms with van der Waals surface area (Å²) in [5.74, 6) is -0.757. The topological polar surface area (TPSA) is 0 Å². The molecule has 1 aromatic carbocycles. The van der Waals surface area contributed by atoms with E-state index in [1.165, 1.54) is 0 Å². The first-order valence-electron chi connectivity index (χ1n) is 3.83. The van der Waals surface area contributed by atoms with Gasteiger partial charge in [0.2, 0.25) is 0 Å². The molecule has 0 spiro atoms. The van der Waals surface area contributed by atoms with Crippen LogP contribution in [0.2, 0.25) is 10.0 Å². The van der Waals surface area contributed by atoms with Crippen LogP contribution in [0, 0.1) is 5.82 Å². The smallest absolute Gasteiger partial charge is 0.445 e. The van der Waals surface area contributed by atoms with E-state index in [-0.39, 0.29) is 73.0 Å². The van der Waals surface area contributed by atoms with Crippen LogP contribution in [0.5, 0.6) is 0 Å². The minimum Gasteiger partial charge on any atom is -0.445 e. The van der Waals surface area contributed by atoms with E-state index in [4.69, 9.17) is 23.2 Å². The van der Waals surface area contributed by atoms with E-state index in [1.54, 1.807) is 0 Å². The minimum absolute atomic E-state index is 0. The van der Waals surface area contributed by atoms with Crippen LogP contribution in [0.25, 0.3) is 6.08 Å². The zero-order valence-electron chi connectivity index (χ0n) is 8.15. The van der Waals surface area contributed by atoms with Gasteiger partial charge in [0, 0.05) is 0 Å². The van der Waals surface area contributed by atoms with Gasteiger partial charge in [-0.2, -0.15) is 0 Å². The number of hydrogen-bond acceptors (Lipinski definition) is 0. The van der Waals surface area contributed by atoms with Crippen molar-refractivity contribution in [1.29, 1.82) is 0 Å². The first-order chi connectivity index (χ1) is 6.79. The van der Waals surface area contributed by atoms with Gasteiger partial charge in [-0.3, -0.25) is 0 Å². The van der Waals surface area contributed by atoms with Crippen LogP contribution in [0.1, 0.15) is 5.56 Å². The van der Waals surface area contributed by atoms with E-state index in [0.717, 1.165) is 18.2 Å². The summed E-state index contributed by atoms with van der Waals surface area (Å²) < 4.78 is 48.5. The molecular formula is C8H4BCl2F4K. The third kappa shape index (κ3) is 5.53. The molecular weight excluding hydrogens is 293 g/mol. The third-order valence-corrected chi connectivity index (χ3v) is 2.06. The van der Waals surface area contributed by atoms with Crippen LogP contribution in [0.15, 0.2) is 18.1 Å². The number of rotatable bonds is 2. The molecule has 0 aromatic heterocycles. The molecule has 0 atom stereocenters. The molecule has 0 aliphatic carbocycles. The van der Waals surface area contributed by atoms with E-state index in [9.17, 15) is 17.3 Å². The first kappa shape index (κ1) is 17.0. The first-order valence-corrected chi connectivity index (χ1v) is 4.59. The molecule has 16 heavy (non-hydrogen) atoms. The van der Waals surface area contributed by atoms with E-state index in [2.05, 4.69) is 0 Å². The quantitative estimate of drug-likeness (QED) is 0.441. The van der Waals surface area contributed by atoms with Crippen molar-refractivity contribution in [3.05, 3.63) is 39.5 Å². The van der Waals surface area contributed by atoms with Gasteiger partial charge in [0.25, 0.3) is 0 Å². The standard InChI is InChI=1S/C8H4BCl2F4.K/c10-6-3-5(1-2-9(13,14)15)4-7(11)8(6)12;/h1-4H;/q-1;+1/b2-1+;. The Kier molecular flexibility index (Phi) is 7.18. The van der Waals surface area contributed by atoms with Crippen LogP contribution in [-0.4, -0.2) is 6.98 Å². The predicted octanol–water partition coefficient (Wildman–Crippen LogP) is 1.54. The summed E-state index contributed by atoms with van der Waals surface area (Å²) in [5, 5.41) is -0.617. The fourth-order valence-electron chi connectivity index (χ4n) is 0.892. The predicted molar refractivity (Wildman–Crippen MR) is 54.5 cm³/mol. The van der Waals surface area contributed by atoms with Crippen molar-refractivity contribution in [1.82, 2.24) is 0 Å². The van der Waals surface area contributed by atoms with Crippen LogP contribution in [-0.2, 0) is 0 Å². The molecule has 0 N–H and O–H groups in total. The zero-order valence-corrected chi connectivity index (χ0v) is 12.8. The number of benzene rings is 1. The van der Waals surface area contributed by atoms with Crippen LogP contribution >= 0.6 is 23.2 Å². The average Bonchev–Trinajstić information content (AvgIpc) is 2.09. The molecule has 0 nitrogen and oxygen atoms in total. The molecule has 0 fully saturated rings. The summed E-state index contributed by atoms with van der Waals surface area (Å²) >= 11 is 10.8. The molecule has 0 saturated heterocycles. The number of hydrogen-bond donors (Lipinski definition) is 0. The molecule has 0 saturated carbocycles. The summed E-state index contributed by atoms with van der Waals surface area (Å²) in [5.41, 5.74) is 0.102. The Morgan fingerprint density at radius 3 is 1.88 bits per heavy atom. The molecule has 0 unspecified atom stereocenters. The van der Waals surface area contributed by atoms with Gasteiger partial charge in [-0.05, 0) is 17.7 Å². The summed E-state index contributed by atoms with van der Waals surface area (Å²) in [6.45, 7) is -5.02. The van der Waals surface area contributed by atoms with E-state index in [0.29, 0.717) is 0 Å². The molecule has 0 aliphatic heterocycles. The van der Waals surface area contributed by atoms with Crippen molar-refractivity contribution in [3.8, 4) is 0 Å². The second-order valence-electron chi connectivity index (χ2n) is 2.78. The summed E-state index contributed by atoms with van der Waals surface area (Å²) in [6, 6.07) is 2.14. The molecule has 1 rings (SSSR count). The van der Waals surface area contributed by atoms with Gasteiger partial charge >= 0.3 is 58.4 Å². The van der Waals surface area contributed by atoms with Crippen LogP contribution < -0.4 is 51.4 Å². The van der Waals surface area contributed by atoms with Gasteiger partial charge in [0.15, 0.2) is 5.82 Å². The maximum atomic E-state index is 12.9. The average molecular weight is 297 g/mol. The summed E-state index contributed by atoms with van der Waals surface area (Å²) in [7, 11) is 0. The largest absolute Gasteiger partial charge is 1.00 e. The van der Waals surface area contributed by atoms with Crippen LogP contribution in [0.3, 0.4) is 0 Å². The van der Waals surface area contributed by atoms with Gasteiger partial charge in [-0.15, -0.1) is 5.98 Å². The summed E-state index contributed by atoms with van der Waals surface area (Å²) in [6.07, 6.45) is 0.789. The second kappa shape index (κ2) is 6.78. The van der Waals surface area contributed by atoms with Crippen molar-refractivity contribution in [2.24, 2.45) is 0 Å². The molecule has 1 aromatic rings. The minimum atomic E-state index is -5.02. The van der Waals surface area contributed by atoms with Crippen LogP contribution in [0.4, 0.5) is 17.3 Å². The van der Waals surface area contributed by atoms with Crippen molar-refractivity contribution in [2.75, 3.05) is 0 Å². The fourth-order valence-corrected chi connectivity index (χ4v) is 1.40. The second-order valence-corrected chi connectivity index (χ2v) is 3.60. The maximum absolute atomic E-state index is 12.9. The van der Waals surface area contributed by atoms with Gasteiger partial charge < -0.3 is 12.9 Å². The van der Waals surface area contributed by atoms with Crippen molar-refractivity contribution in [3.63, 3.8) is 0 Å². The Morgan fingerprint density at radius 2 is 1.50 bits per heavy atom. The van der Waals surface area contributed by atoms with Gasteiger partial charge in [-0.1, -0.05) is 29.3 Å². The zero-order chi connectivity index (χ0) is 11.6. The fraction of sp³-hybridized carbons (Fsp3) is 0. The molecule has 0 radical (unpaired) electrons. The van der Waals surface area contributed by atoms with Crippen molar-refractivity contribution < 1.29 is 68.7 Å².